The topological polar surface area (TPSA) is 3.24 Å². The quantitative estimate of drug-likeness (QED) is 0.175. The van der Waals surface area contributed by atoms with Crippen LogP contribution in [0, 0.1) is 0 Å². The Morgan fingerprint density at radius 2 is 0.868 bits per heavy atom. The van der Waals surface area contributed by atoms with E-state index in [2.05, 4.69) is 209 Å². The van der Waals surface area contributed by atoms with Gasteiger partial charge in [0.2, 0.25) is 0 Å². The monoisotopic (exact) mass is 679 g/mol. The van der Waals surface area contributed by atoms with Crippen molar-refractivity contribution in [2.45, 2.75) is 38.5 Å². The maximum Gasteiger partial charge on any atom is 0.0540 e. The summed E-state index contributed by atoms with van der Waals surface area (Å²) in [5.41, 5.74) is 18.9. The van der Waals surface area contributed by atoms with E-state index < -0.39 is 0 Å². The average molecular weight is 680 g/mol. The van der Waals surface area contributed by atoms with E-state index in [1.165, 1.54) is 77.5 Å². The third-order valence-corrected chi connectivity index (χ3v) is 12.1. The van der Waals surface area contributed by atoms with Crippen LogP contribution in [0.4, 0.5) is 17.1 Å². The smallest absolute Gasteiger partial charge is 0.0540 e. The lowest BCUT2D eigenvalue weighted by Crippen LogP contribution is -2.24. The molecule has 1 heteroatoms. The second kappa shape index (κ2) is 11.7. The lowest BCUT2D eigenvalue weighted by molar-refractivity contribution is 0.645. The number of rotatable bonds is 5. The highest BCUT2D eigenvalue weighted by molar-refractivity contribution is 6.09. The van der Waals surface area contributed by atoms with Gasteiger partial charge in [-0.1, -0.05) is 173 Å². The van der Waals surface area contributed by atoms with E-state index in [0.717, 1.165) is 17.1 Å². The number of anilines is 3. The second-order valence-electron chi connectivity index (χ2n) is 15.7. The minimum atomic E-state index is -0.223. The fourth-order valence-electron chi connectivity index (χ4n) is 9.38. The van der Waals surface area contributed by atoms with Gasteiger partial charge in [-0.2, -0.15) is 0 Å². The van der Waals surface area contributed by atoms with Crippen LogP contribution >= 0.6 is 0 Å². The van der Waals surface area contributed by atoms with Gasteiger partial charge in [-0.15, -0.1) is 0 Å². The molecule has 0 saturated heterocycles. The van der Waals surface area contributed by atoms with Crippen LogP contribution in [0.1, 0.15) is 49.9 Å². The first-order chi connectivity index (χ1) is 25.8. The van der Waals surface area contributed by atoms with Crippen LogP contribution in [0.15, 0.2) is 176 Å². The highest BCUT2D eigenvalue weighted by atomic mass is 15.1. The second-order valence-corrected chi connectivity index (χ2v) is 15.7. The van der Waals surface area contributed by atoms with Gasteiger partial charge in [0.25, 0.3) is 0 Å². The molecule has 0 bridgehead atoms. The van der Waals surface area contributed by atoms with Gasteiger partial charge in [-0.25, -0.2) is 0 Å². The first-order valence-electron chi connectivity index (χ1n) is 18.8. The largest absolute Gasteiger partial charge is 0.310 e. The molecule has 0 radical (unpaired) electrons. The summed E-state index contributed by atoms with van der Waals surface area (Å²) in [5.74, 6) is 0. The van der Waals surface area contributed by atoms with Crippen LogP contribution in [-0.2, 0) is 10.8 Å². The molecule has 0 heterocycles. The average Bonchev–Trinajstić information content (AvgIpc) is 3.43. The molecule has 0 amide bonds. The summed E-state index contributed by atoms with van der Waals surface area (Å²) in [4.78, 5) is 2.50. The van der Waals surface area contributed by atoms with Crippen LogP contribution in [0.5, 0.6) is 0 Å². The third kappa shape index (κ3) is 4.70. The molecule has 0 fully saturated rings. The highest BCUT2D eigenvalue weighted by Crippen LogP contribution is 2.55. The van der Waals surface area contributed by atoms with Crippen molar-refractivity contribution in [3.63, 3.8) is 0 Å². The maximum absolute atomic E-state index is 2.50. The first-order valence-corrected chi connectivity index (χ1v) is 18.8. The van der Waals surface area contributed by atoms with Crippen molar-refractivity contribution in [1.29, 1.82) is 0 Å². The van der Waals surface area contributed by atoms with Crippen molar-refractivity contribution in [2.24, 2.45) is 0 Å². The van der Waals surface area contributed by atoms with Crippen molar-refractivity contribution in [3.05, 3.63) is 198 Å². The Hall–Kier alpha value is -6.18. The zero-order valence-electron chi connectivity index (χ0n) is 30.7. The van der Waals surface area contributed by atoms with Gasteiger partial charge < -0.3 is 4.90 Å². The zero-order valence-corrected chi connectivity index (χ0v) is 30.7. The van der Waals surface area contributed by atoms with E-state index in [4.69, 9.17) is 0 Å². The first kappa shape index (κ1) is 31.5. The van der Waals surface area contributed by atoms with E-state index in [1.807, 2.05) is 0 Å². The van der Waals surface area contributed by atoms with E-state index in [1.54, 1.807) is 0 Å². The van der Waals surface area contributed by atoms with Gasteiger partial charge in [-0.3, -0.25) is 0 Å². The summed E-state index contributed by atoms with van der Waals surface area (Å²) >= 11 is 0. The molecule has 2 aliphatic carbocycles. The van der Waals surface area contributed by atoms with E-state index in [-0.39, 0.29) is 10.8 Å². The van der Waals surface area contributed by atoms with Crippen molar-refractivity contribution < 1.29 is 0 Å². The maximum atomic E-state index is 2.50. The Morgan fingerprint density at radius 1 is 0.358 bits per heavy atom. The molecule has 0 aliphatic heterocycles. The van der Waals surface area contributed by atoms with Crippen molar-refractivity contribution in [2.75, 3.05) is 4.90 Å². The third-order valence-electron chi connectivity index (χ3n) is 12.1. The number of hydrogen-bond acceptors (Lipinski definition) is 1. The van der Waals surface area contributed by atoms with E-state index in [0.29, 0.717) is 0 Å². The standard InChI is InChI=1S/C52H41N/c1-51(2)44-23-13-11-22-41(44)42-30-27-37(32-46(42)51)53(48-25-14-12-21-39(48)34-16-7-5-8-17-34)38-28-31-43-47(33-38)52(3,4)45-24-15-20-36-26-29-40(50(43)49(36)45)35-18-9-6-10-19-35/h5-33H,1-4H3. The molecule has 2 aliphatic rings. The molecular formula is C52H41N. The Kier molecular flexibility index (Phi) is 6.94. The summed E-state index contributed by atoms with van der Waals surface area (Å²) in [7, 11) is 0. The number of hydrogen-bond donors (Lipinski definition) is 0. The number of benzene rings is 8. The minimum absolute atomic E-state index is 0.110. The molecule has 53 heavy (non-hydrogen) atoms. The van der Waals surface area contributed by atoms with Crippen molar-refractivity contribution in [3.8, 4) is 44.5 Å². The molecule has 0 saturated carbocycles. The van der Waals surface area contributed by atoms with Crippen LogP contribution in [0.2, 0.25) is 0 Å². The van der Waals surface area contributed by atoms with Crippen molar-refractivity contribution in [1.82, 2.24) is 0 Å². The summed E-state index contributed by atoms with van der Waals surface area (Å²) < 4.78 is 0. The fourth-order valence-corrected chi connectivity index (χ4v) is 9.38. The normalized spacial score (nSPS) is 14.3. The molecule has 8 aromatic rings. The predicted molar refractivity (Wildman–Crippen MR) is 225 cm³/mol. The minimum Gasteiger partial charge on any atom is -0.310 e. The predicted octanol–water partition coefficient (Wildman–Crippen LogP) is 14.3. The molecule has 0 N–H and O–H groups in total. The Morgan fingerprint density at radius 3 is 1.58 bits per heavy atom. The summed E-state index contributed by atoms with van der Waals surface area (Å²) in [6.07, 6.45) is 0. The molecule has 0 unspecified atom stereocenters. The SMILES string of the molecule is CC1(C)c2ccccc2-c2ccc(N(c3ccc4c(c3)C(C)(C)c3cccc5ccc(-c6ccccc6)c-4c35)c3ccccc3-c3ccccc3)cc21. The molecule has 0 aromatic heterocycles. The van der Waals surface area contributed by atoms with Crippen molar-refractivity contribution >= 4 is 27.8 Å². The van der Waals surface area contributed by atoms with Crippen LogP contribution < -0.4 is 4.90 Å². The number of para-hydroxylation sites is 1. The van der Waals surface area contributed by atoms with Gasteiger partial charge in [0.05, 0.1) is 5.69 Å². The van der Waals surface area contributed by atoms with Gasteiger partial charge in [0, 0.05) is 27.8 Å². The Labute approximate surface area is 312 Å². The summed E-state index contributed by atoms with van der Waals surface area (Å²) in [6.45, 7) is 9.54. The van der Waals surface area contributed by atoms with Crippen LogP contribution in [0.25, 0.3) is 55.3 Å². The van der Waals surface area contributed by atoms with E-state index >= 15 is 0 Å². The Bertz CT molecular complexity index is 2720. The zero-order chi connectivity index (χ0) is 35.9. The van der Waals surface area contributed by atoms with Crippen LogP contribution in [-0.4, -0.2) is 0 Å². The molecule has 8 aromatic carbocycles. The lowest BCUT2D eigenvalue weighted by atomic mass is 9.67. The van der Waals surface area contributed by atoms with Gasteiger partial charge >= 0.3 is 0 Å². The Balaban J connectivity index is 1.23. The summed E-state index contributed by atoms with van der Waals surface area (Å²) in [5, 5.41) is 2.66. The van der Waals surface area contributed by atoms with Gasteiger partial charge in [-0.05, 0) is 102 Å². The molecule has 0 atom stereocenters. The molecular weight excluding hydrogens is 639 g/mol. The van der Waals surface area contributed by atoms with Crippen LogP contribution in [0.3, 0.4) is 0 Å². The molecule has 254 valence electrons. The molecule has 0 spiro atoms. The molecule has 10 rings (SSSR count). The number of nitrogens with zero attached hydrogens (tertiary/aromatic N) is 1. The van der Waals surface area contributed by atoms with Gasteiger partial charge in [0.15, 0.2) is 0 Å². The van der Waals surface area contributed by atoms with Gasteiger partial charge in [0.1, 0.15) is 0 Å². The van der Waals surface area contributed by atoms with E-state index in [9.17, 15) is 0 Å². The highest BCUT2D eigenvalue weighted by Gasteiger charge is 2.37. The fraction of sp³-hybridized carbons (Fsp3) is 0.115. The summed E-state index contributed by atoms with van der Waals surface area (Å²) in [6, 6.07) is 65.3. The molecule has 1 nitrogen and oxygen atoms in total. The lowest BCUT2D eigenvalue weighted by Gasteiger charge is -2.37. The number of fused-ring (bicyclic) bond motifs is 5.